The highest BCUT2D eigenvalue weighted by atomic mass is 16.5. The summed E-state index contributed by atoms with van der Waals surface area (Å²) in [7, 11) is 3.20. The summed E-state index contributed by atoms with van der Waals surface area (Å²) in [6.07, 6.45) is -0.312. The van der Waals surface area contributed by atoms with Gasteiger partial charge in [0.15, 0.2) is 6.10 Å². The second-order valence-corrected chi connectivity index (χ2v) is 6.07. The smallest absolute Gasteiger partial charge is 0.266 e. The topological polar surface area (TPSA) is 85.9 Å². The lowest BCUT2D eigenvalue weighted by Gasteiger charge is -2.25. The van der Waals surface area contributed by atoms with Gasteiger partial charge in [-0.1, -0.05) is 12.1 Å². The molecule has 1 atom stereocenters. The minimum Gasteiger partial charge on any atom is -0.497 e. The van der Waals surface area contributed by atoms with Crippen LogP contribution in [0.4, 0.5) is 5.69 Å². The number of hydrogen-bond acceptors (Lipinski definition) is 5. The van der Waals surface area contributed by atoms with Crippen LogP contribution < -0.4 is 24.8 Å². The number of anilines is 1. The van der Waals surface area contributed by atoms with Crippen molar-refractivity contribution in [3.8, 4) is 17.2 Å². The molecule has 0 fully saturated rings. The molecule has 2 amide bonds. The van der Waals surface area contributed by atoms with Crippen molar-refractivity contribution in [1.29, 1.82) is 0 Å². The summed E-state index contributed by atoms with van der Waals surface area (Å²) in [4.78, 5) is 24.3. The summed E-state index contributed by atoms with van der Waals surface area (Å²) < 4.78 is 16.2. The van der Waals surface area contributed by atoms with Crippen LogP contribution in [0.1, 0.15) is 12.0 Å². The van der Waals surface area contributed by atoms with Crippen molar-refractivity contribution >= 4 is 17.5 Å². The Morgan fingerprint density at radius 1 is 1.19 bits per heavy atom. The number of amides is 2. The molecule has 0 radical (unpaired) electrons. The molecule has 7 heteroatoms. The fourth-order valence-electron chi connectivity index (χ4n) is 2.88. The van der Waals surface area contributed by atoms with E-state index in [9.17, 15) is 9.59 Å². The first kappa shape index (κ1) is 18.6. The Morgan fingerprint density at radius 3 is 2.78 bits per heavy atom. The van der Waals surface area contributed by atoms with Crippen LogP contribution in [0.5, 0.6) is 17.2 Å². The molecule has 0 aromatic heterocycles. The number of para-hydroxylation sites is 2. The van der Waals surface area contributed by atoms with Crippen molar-refractivity contribution in [2.45, 2.75) is 18.9 Å². The molecule has 0 saturated carbocycles. The van der Waals surface area contributed by atoms with Crippen LogP contribution in [-0.4, -0.2) is 38.7 Å². The Morgan fingerprint density at radius 2 is 2.00 bits per heavy atom. The molecule has 27 heavy (non-hydrogen) atoms. The standard InChI is InChI=1S/C20H22N2O5/c1-25-14-7-8-16(26-2)13(11-14)9-10-21-19(23)12-18-20(24)22-15-5-3-4-6-17(15)27-18/h3-8,11,18H,9-10,12H2,1-2H3,(H,21,23)(H,22,24)/t18-/m0/s1. The minimum atomic E-state index is -0.841. The number of hydrogen-bond donors (Lipinski definition) is 2. The third kappa shape index (κ3) is 4.49. The molecule has 0 spiro atoms. The van der Waals surface area contributed by atoms with Crippen LogP contribution in [0, 0.1) is 0 Å². The molecule has 1 heterocycles. The van der Waals surface area contributed by atoms with E-state index < -0.39 is 6.10 Å². The van der Waals surface area contributed by atoms with Gasteiger partial charge in [-0.3, -0.25) is 9.59 Å². The van der Waals surface area contributed by atoms with Crippen molar-refractivity contribution in [3.05, 3.63) is 48.0 Å². The Kier molecular flexibility index (Phi) is 5.80. The van der Waals surface area contributed by atoms with Gasteiger partial charge in [0.25, 0.3) is 5.91 Å². The van der Waals surface area contributed by atoms with E-state index in [0.29, 0.717) is 24.4 Å². The zero-order chi connectivity index (χ0) is 19.2. The van der Waals surface area contributed by atoms with Gasteiger partial charge in [0.1, 0.15) is 17.2 Å². The zero-order valence-electron chi connectivity index (χ0n) is 15.3. The molecule has 0 saturated heterocycles. The monoisotopic (exact) mass is 370 g/mol. The first-order valence-corrected chi connectivity index (χ1v) is 8.65. The van der Waals surface area contributed by atoms with Crippen molar-refractivity contribution in [1.82, 2.24) is 5.32 Å². The Labute approximate surface area is 157 Å². The van der Waals surface area contributed by atoms with E-state index in [1.807, 2.05) is 30.3 Å². The molecule has 142 valence electrons. The molecule has 1 aliphatic heterocycles. The van der Waals surface area contributed by atoms with Gasteiger partial charge in [0.05, 0.1) is 26.3 Å². The SMILES string of the molecule is COc1ccc(OC)c(CCNC(=O)C[C@@H]2Oc3ccccc3NC2=O)c1. The second-order valence-electron chi connectivity index (χ2n) is 6.07. The predicted octanol–water partition coefficient (Wildman–Crippen LogP) is 2.15. The van der Waals surface area contributed by atoms with Crippen molar-refractivity contribution < 1.29 is 23.8 Å². The first-order valence-electron chi connectivity index (χ1n) is 8.65. The van der Waals surface area contributed by atoms with Crippen molar-refractivity contribution in [2.75, 3.05) is 26.1 Å². The second kappa shape index (κ2) is 8.44. The highest BCUT2D eigenvalue weighted by molar-refractivity contribution is 5.99. The molecule has 3 rings (SSSR count). The average molecular weight is 370 g/mol. The molecule has 0 aliphatic carbocycles. The summed E-state index contributed by atoms with van der Waals surface area (Å²) in [6, 6.07) is 12.7. The number of benzene rings is 2. The lowest BCUT2D eigenvalue weighted by atomic mass is 10.1. The predicted molar refractivity (Wildman–Crippen MR) is 100 cm³/mol. The third-order valence-electron chi connectivity index (χ3n) is 4.28. The molecular formula is C20H22N2O5. The maximum Gasteiger partial charge on any atom is 0.266 e. The molecule has 7 nitrogen and oxygen atoms in total. The minimum absolute atomic E-state index is 0.0462. The van der Waals surface area contributed by atoms with Gasteiger partial charge < -0.3 is 24.8 Å². The number of nitrogens with one attached hydrogen (secondary N) is 2. The van der Waals surface area contributed by atoms with Gasteiger partial charge in [-0.15, -0.1) is 0 Å². The van der Waals surface area contributed by atoms with Gasteiger partial charge in [-0.2, -0.15) is 0 Å². The summed E-state index contributed by atoms with van der Waals surface area (Å²) in [5, 5.41) is 5.57. The van der Waals surface area contributed by atoms with Crippen LogP contribution in [0.2, 0.25) is 0 Å². The highest BCUT2D eigenvalue weighted by Crippen LogP contribution is 2.29. The van der Waals surface area contributed by atoms with Crippen molar-refractivity contribution in [3.63, 3.8) is 0 Å². The van der Waals surface area contributed by atoms with E-state index in [1.165, 1.54) is 0 Å². The lowest BCUT2D eigenvalue weighted by Crippen LogP contribution is -2.41. The normalized spacial score (nSPS) is 15.2. The average Bonchev–Trinajstić information content (AvgIpc) is 2.68. The van der Waals surface area contributed by atoms with Crippen LogP contribution in [-0.2, 0) is 16.0 Å². The van der Waals surface area contributed by atoms with Crippen LogP contribution in [0.25, 0.3) is 0 Å². The molecule has 2 aromatic rings. The van der Waals surface area contributed by atoms with Gasteiger partial charge in [0, 0.05) is 6.54 Å². The van der Waals surface area contributed by atoms with E-state index in [-0.39, 0.29) is 18.2 Å². The maximum absolute atomic E-state index is 12.2. The van der Waals surface area contributed by atoms with Gasteiger partial charge in [-0.05, 0) is 42.3 Å². The number of ether oxygens (including phenoxy) is 3. The fourth-order valence-corrected chi connectivity index (χ4v) is 2.88. The highest BCUT2D eigenvalue weighted by Gasteiger charge is 2.29. The number of fused-ring (bicyclic) bond motifs is 1. The van der Waals surface area contributed by atoms with Crippen LogP contribution >= 0.6 is 0 Å². The van der Waals surface area contributed by atoms with Crippen LogP contribution in [0.15, 0.2) is 42.5 Å². The van der Waals surface area contributed by atoms with E-state index in [2.05, 4.69) is 10.6 Å². The van der Waals surface area contributed by atoms with E-state index >= 15 is 0 Å². The van der Waals surface area contributed by atoms with Crippen LogP contribution in [0.3, 0.4) is 0 Å². The lowest BCUT2D eigenvalue weighted by molar-refractivity contribution is -0.130. The third-order valence-corrected chi connectivity index (χ3v) is 4.28. The Hall–Kier alpha value is -3.22. The maximum atomic E-state index is 12.2. The summed E-state index contributed by atoms with van der Waals surface area (Å²) in [5.41, 5.74) is 1.54. The van der Waals surface area contributed by atoms with E-state index in [0.717, 1.165) is 17.1 Å². The number of methoxy groups -OCH3 is 2. The zero-order valence-corrected chi connectivity index (χ0v) is 15.3. The summed E-state index contributed by atoms with van der Waals surface area (Å²) in [6.45, 7) is 0.410. The molecule has 2 N–H and O–H groups in total. The van der Waals surface area contributed by atoms with Gasteiger partial charge in [0.2, 0.25) is 5.91 Å². The quantitative estimate of drug-likeness (QED) is 0.780. The molecule has 2 aromatic carbocycles. The first-order chi connectivity index (χ1) is 13.1. The molecule has 0 unspecified atom stereocenters. The summed E-state index contributed by atoms with van der Waals surface area (Å²) >= 11 is 0. The largest absolute Gasteiger partial charge is 0.497 e. The fraction of sp³-hybridized carbons (Fsp3) is 0.300. The molecule has 0 bridgehead atoms. The van der Waals surface area contributed by atoms with E-state index in [1.54, 1.807) is 26.4 Å². The molecular weight excluding hydrogens is 348 g/mol. The molecule has 1 aliphatic rings. The summed E-state index contributed by atoms with van der Waals surface area (Å²) in [5.74, 6) is 1.45. The Balaban J connectivity index is 1.53. The van der Waals surface area contributed by atoms with E-state index in [4.69, 9.17) is 14.2 Å². The number of carbonyl (C=O) groups excluding carboxylic acids is 2. The van der Waals surface area contributed by atoms with Gasteiger partial charge in [-0.25, -0.2) is 0 Å². The van der Waals surface area contributed by atoms with Gasteiger partial charge >= 0.3 is 0 Å². The number of rotatable bonds is 7. The Bertz CT molecular complexity index is 837. The number of carbonyl (C=O) groups is 2. The van der Waals surface area contributed by atoms with Crippen molar-refractivity contribution in [2.24, 2.45) is 0 Å².